The van der Waals surface area contributed by atoms with Gasteiger partial charge in [0.05, 0.1) is 12.7 Å². The van der Waals surface area contributed by atoms with Crippen molar-refractivity contribution in [2.45, 2.75) is 32.8 Å². The molecule has 0 unspecified atom stereocenters. The van der Waals surface area contributed by atoms with Crippen molar-refractivity contribution in [2.75, 3.05) is 11.9 Å². The number of carbonyl (C=O) groups is 1. The van der Waals surface area contributed by atoms with Crippen LogP contribution in [0, 0.1) is 0 Å². The molecule has 2 aromatic rings. The number of nitrogens with one attached hydrogen (secondary N) is 1. The second-order valence-corrected chi connectivity index (χ2v) is 5.48. The second-order valence-electron chi connectivity index (χ2n) is 5.48. The Morgan fingerprint density at radius 2 is 1.96 bits per heavy atom. The molecule has 0 fully saturated rings. The van der Waals surface area contributed by atoms with Gasteiger partial charge < -0.3 is 15.2 Å². The van der Waals surface area contributed by atoms with E-state index < -0.39 is 6.10 Å². The van der Waals surface area contributed by atoms with Gasteiger partial charge >= 0.3 is 0 Å². The highest BCUT2D eigenvalue weighted by molar-refractivity contribution is 6.04. The number of anilines is 1. The normalized spacial score (nSPS) is 11.8. The van der Waals surface area contributed by atoms with Gasteiger partial charge in [-0.05, 0) is 49.2 Å². The smallest absolute Gasteiger partial charge is 0.255 e. The maximum atomic E-state index is 12.3. The lowest BCUT2D eigenvalue weighted by atomic mass is 10.1. The lowest BCUT2D eigenvalue weighted by molar-refractivity contribution is 0.102. The average Bonchev–Trinajstić information content (AvgIpc) is 2.56. The molecule has 4 nitrogen and oxygen atoms in total. The van der Waals surface area contributed by atoms with Crippen LogP contribution in [0.5, 0.6) is 5.75 Å². The van der Waals surface area contributed by atoms with Crippen LogP contribution in [0.3, 0.4) is 0 Å². The van der Waals surface area contributed by atoms with E-state index in [-0.39, 0.29) is 5.91 Å². The molecule has 2 N–H and O–H groups in total. The number of unbranched alkanes of at least 4 members (excludes halogenated alkanes) is 1. The fraction of sp³-hybridized carbons (Fsp3) is 0.316. The fourth-order valence-electron chi connectivity index (χ4n) is 2.11. The Labute approximate surface area is 137 Å². The summed E-state index contributed by atoms with van der Waals surface area (Å²) in [6, 6.07) is 14.3. The molecular weight excluding hydrogens is 290 g/mol. The summed E-state index contributed by atoms with van der Waals surface area (Å²) in [6.45, 7) is 4.47. The molecule has 0 aromatic heterocycles. The van der Waals surface area contributed by atoms with E-state index in [4.69, 9.17) is 4.74 Å². The fourth-order valence-corrected chi connectivity index (χ4v) is 2.11. The van der Waals surface area contributed by atoms with Crippen molar-refractivity contribution in [3.05, 3.63) is 59.7 Å². The first-order valence-electron chi connectivity index (χ1n) is 7.92. The monoisotopic (exact) mass is 313 g/mol. The average molecular weight is 313 g/mol. The summed E-state index contributed by atoms with van der Waals surface area (Å²) in [7, 11) is 0. The minimum absolute atomic E-state index is 0.185. The lowest BCUT2D eigenvalue weighted by Gasteiger charge is -2.09. The highest BCUT2D eigenvalue weighted by atomic mass is 16.5. The number of hydrogen-bond acceptors (Lipinski definition) is 3. The van der Waals surface area contributed by atoms with Gasteiger partial charge in [-0.25, -0.2) is 0 Å². The van der Waals surface area contributed by atoms with E-state index in [9.17, 15) is 9.90 Å². The molecule has 0 heterocycles. The van der Waals surface area contributed by atoms with Crippen molar-refractivity contribution in [3.63, 3.8) is 0 Å². The van der Waals surface area contributed by atoms with Gasteiger partial charge in [0.1, 0.15) is 5.75 Å². The second kappa shape index (κ2) is 8.34. The molecule has 4 heteroatoms. The summed E-state index contributed by atoms with van der Waals surface area (Å²) < 4.78 is 5.62. The number of carbonyl (C=O) groups excluding carboxylic acids is 1. The molecule has 23 heavy (non-hydrogen) atoms. The standard InChI is InChI=1S/C19H23NO3/c1-3-4-12-23-18-7-5-6-16(13-18)19(22)20-17-10-8-15(9-11-17)14(2)21/h5-11,13-14,21H,3-4,12H2,1-2H3,(H,20,22)/t14-/m0/s1. The van der Waals surface area contributed by atoms with Crippen molar-refractivity contribution >= 4 is 11.6 Å². The zero-order valence-electron chi connectivity index (χ0n) is 13.6. The Morgan fingerprint density at radius 1 is 1.22 bits per heavy atom. The van der Waals surface area contributed by atoms with Gasteiger partial charge in [0.15, 0.2) is 0 Å². The number of rotatable bonds is 7. The van der Waals surface area contributed by atoms with Crippen LogP contribution in [0.1, 0.15) is 48.7 Å². The molecule has 2 rings (SSSR count). The molecule has 0 saturated carbocycles. The zero-order chi connectivity index (χ0) is 16.7. The van der Waals surface area contributed by atoms with Crippen LogP contribution in [-0.4, -0.2) is 17.6 Å². The summed E-state index contributed by atoms with van der Waals surface area (Å²) in [5.41, 5.74) is 2.06. The topological polar surface area (TPSA) is 58.6 Å². The predicted molar refractivity (Wildman–Crippen MR) is 91.9 cm³/mol. The van der Waals surface area contributed by atoms with Crippen LogP contribution in [0.25, 0.3) is 0 Å². The van der Waals surface area contributed by atoms with Gasteiger partial charge in [-0.3, -0.25) is 4.79 Å². The number of aliphatic hydroxyl groups is 1. The van der Waals surface area contributed by atoms with Crippen molar-refractivity contribution in [3.8, 4) is 5.75 Å². The maximum Gasteiger partial charge on any atom is 0.255 e. The zero-order valence-corrected chi connectivity index (χ0v) is 13.6. The number of hydrogen-bond donors (Lipinski definition) is 2. The van der Waals surface area contributed by atoms with Crippen LogP contribution in [-0.2, 0) is 0 Å². The van der Waals surface area contributed by atoms with Gasteiger partial charge in [-0.15, -0.1) is 0 Å². The van der Waals surface area contributed by atoms with Crippen LogP contribution in [0.2, 0.25) is 0 Å². The molecule has 0 aliphatic heterocycles. The molecule has 0 bridgehead atoms. The van der Waals surface area contributed by atoms with Crippen LogP contribution in [0.4, 0.5) is 5.69 Å². The maximum absolute atomic E-state index is 12.3. The van der Waals surface area contributed by atoms with Crippen molar-refractivity contribution < 1.29 is 14.6 Å². The molecule has 1 amide bonds. The first kappa shape index (κ1) is 17.0. The van der Waals surface area contributed by atoms with E-state index in [2.05, 4.69) is 12.2 Å². The largest absolute Gasteiger partial charge is 0.494 e. The predicted octanol–water partition coefficient (Wildman–Crippen LogP) is 4.17. The number of ether oxygens (including phenoxy) is 1. The highest BCUT2D eigenvalue weighted by Crippen LogP contribution is 2.18. The molecule has 1 atom stereocenters. The lowest BCUT2D eigenvalue weighted by Crippen LogP contribution is -2.12. The number of aliphatic hydroxyl groups excluding tert-OH is 1. The third-order valence-corrected chi connectivity index (χ3v) is 3.51. The van der Waals surface area contributed by atoms with E-state index in [1.807, 2.05) is 12.1 Å². The third-order valence-electron chi connectivity index (χ3n) is 3.51. The third kappa shape index (κ3) is 5.11. The van der Waals surface area contributed by atoms with Gasteiger partial charge in [0.25, 0.3) is 5.91 Å². The number of benzene rings is 2. The Kier molecular flexibility index (Phi) is 6.18. The molecule has 2 aromatic carbocycles. The Hall–Kier alpha value is -2.33. The summed E-state index contributed by atoms with van der Waals surface area (Å²) in [6.07, 6.45) is 1.55. The van der Waals surface area contributed by atoms with E-state index in [1.54, 1.807) is 43.3 Å². The first-order valence-corrected chi connectivity index (χ1v) is 7.92. The minimum atomic E-state index is -0.517. The van der Waals surface area contributed by atoms with E-state index in [1.165, 1.54) is 0 Å². The Balaban J connectivity index is 2.01. The van der Waals surface area contributed by atoms with E-state index in [0.29, 0.717) is 23.6 Å². The van der Waals surface area contributed by atoms with Gasteiger partial charge in [0, 0.05) is 11.3 Å². The highest BCUT2D eigenvalue weighted by Gasteiger charge is 2.08. The van der Waals surface area contributed by atoms with E-state index in [0.717, 1.165) is 18.4 Å². The summed E-state index contributed by atoms with van der Waals surface area (Å²) in [5, 5.41) is 12.3. The van der Waals surface area contributed by atoms with Crippen LogP contribution >= 0.6 is 0 Å². The van der Waals surface area contributed by atoms with Gasteiger partial charge in [-0.2, -0.15) is 0 Å². The molecule has 0 spiro atoms. The summed E-state index contributed by atoms with van der Waals surface area (Å²) in [4.78, 5) is 12.3. The molecule has 0 aliphatic rings. The van der Waals surface area contributed by atoms with Gasteiger partial charge in [0.2, 0.25) is 0 Å². The van der Waals surface area contributed by atoms with E-state index >= 15 is 0 Å². The summed E-state index contributed by atoms with van der Waals surface area (Å²) >= 11 is 0. The first-order chi connectivity index (χ1) is 11.1. The quantitative estimate of drug-likeness (QED) is 0.754. The minimum Gasteiger partial charge on any atom is -0.494 e. The number of amides is 1. The molecule has 0 aliphatic carbocycles. The molecule has 122 valence electrons. The Bertz CT molecular complexity index is 635. The molecule has 0 radical (unpaired) electrons. The van der Waals surface area contributed by atoms with Crippen molar-refractivity contribution in [1.29, 1.82) is 0 Å². The van der Waals surface area contributed by atoms with Crippen LogP contribution in [0.15, 0.2) is 48.5 Å². The van der Waals surface area contributed by atoms with Crippen molar-refractivity contribution in [1.82, 2.24) is 0 Å². The SMILES string of the molecule is CCCCOc1cccc(C(=O)Nc2ccc([C@H](C)O)cc2)c1. The molecule has 0 saturated heterocycles. The van der Waals surface area contributed by atoms with Crippen molar-refractivity contribution in [2.24, 2.45) is 0 Å². The van der Waals surface area contributed by atoms with Crippen LogP contribution < -0.4 is 10.1 Å². The summed E-state index contributed by atoms with van der Waals surface area (Å²) in [5.74, 6) is 0.520. The molecular formula is C19H23NO3. The van der Waals surface area contributed by atoms with Gasteiger partial charge in [-0.1, -0.05) is 31.5 Å². The Morgan fingerprint density at radius 3 is 2.61 bits per heavy atom.